The summed E-state index contributed by atoms with van der Waals surface area (Å²) in [5.41, 5.74) is 1.89. The van der Waals surface area contributed by atoms with Crippen LogP contribution >= 0.6 is 22.9 Å². The van der Waals surface area contributed by atoms with Crippen LogP contribution in [0, 0.1) is 11.3 Å². The van der Waals surface area contributed by atoms with E-state index in [0.717, 1.165) is 11.3 Å². The Balaban J connectivity index is 2.03. The van der Waals surface area contributed by atoms with Gasteiger partial charge in [0.1, 0.15) is 16.7 Å². The average Bonchev–Trinajstić information content (AvgIpc) is 3.15. The van der Waals surface area contributed by atoms with Crippen molar-refractivity contribution >= 4 is 40.4 Å². The molecule has 0 aromatic carbocycles. The Kier molecular flexibility index (Phi) is 4.33. The first-order chi connectivity index (χ1) is 11.8. The number of hydrogen-bond acceptors (Lipinski definition) is 6. The zero-order valence-electron chi connectivity index (χ0n) is 13.0. The van der Waals surface area contributed by atoms with E-state index in [1.807, 2.05) is 6.07 Å². The monoisotopic (exact) mass is 374 g/mol. The van der Waals surface area contributed by atoms with Gasteiger partial charge in [0.15, 0.2) is 0 Å². The second-order valence-corrected chi connectivity index (χ2v) is 6.95. The Labute approximate surface area is 151 Å². The molecule has 0 bridgehead atoms. The van der Waals surface area contributed by atoms with Gasteiger partial charge in [-0.25, -0.2) is 0 Å². The number of Topliss-reactive ketones (excluding diaryl/α,β-unsaturated/α-hetero) is 1. The Morgan fingerprint density at radius 1 is 1.44 bits per heavy atom. The van der Waals surface area contributed by atoms with Crippen LogP contribution in [0.4, 0.5) is 0 Å². The molecule has 0 atom stereocenters. The number of aliphatic hydroxyl groups excluding tert-OH is 1. The number of ketones is 1. The second kappa shape index (κ2) is 6.31. The number of carboxylic acid groups (broad SMARTS) is 1. The highest BCUT2D eigenvalue weighted by Gasteiger charge is 2.35. The summed E-state index contributed by atoms with van der Waals surface area (Å²) in [4.78, 5) is 28.7. The molecule has 0 saturated heterocycles. The number of nitrogens with zero attached hydrogens (tertiary/aromatic N) is 2. The topological polar surface area (TPSA) is 111 Å². The van der Waals surface area contributed by atoms with Crippen molar-refractivity contribution in [3.63, 3.8) is 0 Å². The summed E-state index contributed by atoms with van der Waals surface area (Å²) in [6.07, 6.45) is -0.214. The van der Waals surface area contributed by atoms with Crippen LogP contribution in [0.5, 0.6) is 0 Å². The maximum Gasteiger partial charge on any atom is 0.307 e. The van der Waals surface area contributed by atoms with E-state index in [1.54, 1.807) is 6.92 Å². The SMILES string of the molecule is CC1=C(CC(=O)O)C2=C(Cl)C(O)=C(C(=O)c3ccc(C#N)s3)CC2=N1. The fourth-order valence-electron chi connectivity index (χ4n) is 2.79. The number of halogens is 1. The number of allylic oxidation sites excluding steroid dienone is 4. The van der Waals surface area contributed by atoms with Crippen LogP contribution in [0.2, 0.25) is 0 Å². The van der Waals surface area contributed by atoms with Gasteiger partial charge in [-0.3, -0.25) is 14.6 Å². The Morgan fingerprint density at radius 2 is 2.16 bits per heavy atom. The molecule has 2 aliphatic rings. The fraction of sp³-hybridized carbons (Fsp3) is 0.176. The molecular formula is C17H11ClN2O4S. The van der Waals surface area contributed by atoms with Crippen molar-refractivity contribution in [3.05, 3.63) is 55.1 Å². The number of aliphatic carboxylic acids is 1. The average molecular weight is 375 g/mol. The van der Waals surface area contributed by atoms with Gasteiger partial charge < -0.3 is 10.2 Å². The van der Waals surface area contributed by atoms with Crippen molar-refractivity contribution in [2.45, 2.75) is 19.8 Å². The highest BCUT2D eigenvalue weighted by atomic mass is 35.5. The molecule has 0 amide bonds. The summed E-state index contributed by atoms with van der Waals surface area (Å²) in [6, 6.07) is 5.01. The molecule has 0 fully saturated rings. The number of aliphatic hydroxyl groups is 1. The van der Waals surface area contributed by atoms with E-state index < -0.39 is 11.8 Å². The molecule has 3 rings (SSSR count). The number of aliphatic imine (C=N–C) groups is 1. The lowest BCUT2D eigenvalue weighted by Crippen LogP contribution is -2.18. The third-order valence-electron chi connectivity index (χ3n) is 3.93. The minimum Gasteiger partial charge on any atom is -0.506 e. The highest BCUT2D eigenvalue weighted by molar-refractivity contribution is 7.14. The van der Waals surface area contributed by atoms with Gasteiger partial charge in [-0.2, -0.15) is 5.26 Å². The molecule has 25 heavy (non-hydrogen) atoms. The van der Waals surface area contributed by atoms with Crippen molar-refractivity contribution < 1.29 is 19.8 Å². The Hall–Kier alpha value is -2.69. The van der Waals surface area contributed by atoms with Crippen LogP contribution in [-0.2, 0) is 4.79 Å². The van der Waals surface area contributed by atoms with Gasteiger partial charge in [0.05, 0.1) is 27.6 Å². The largest absolute Gasteiger partial charge is 0.506 e. The number of fused-ring (bicyclic) bond motifs is 1. The van der Waals surface area contributed by atoms with Crippen LogP contribution < -0.4 is 0 Å². The predicted molar refractivity (Wildman–Crippen MR) is 92.9 cm³/mol. The number of thiophene rings is 1. The second-order valence-electron chi connectivity index (χ2n) is 5.49. The lowest BCUT2D eigenvalue weighted by Gasteiger charge is -2.19. The smallest absolute Gasteiger partial charge is 0.307 e. The van der Waals surface area contributed by atoms with Crippen molar-refractivity contribution in [3.8, 4) is 6.07 Å². The van der Waals surface area contributed by atoms with Crippen LogP contribution in [0.1, 0.15) is 34.3 Å². The molecular weight excluding hydrogens is 364 g/mol. The molecule has 1 aliphatic carbocycles. The predicted octanol–water partition coefficient (Wildman–Crippen LogP) is 3.71. The summed E-state index contributed by atoms with van der Waals surface area (Å²) in [5, 5.41) is 28.3. The molecule has 1 aliphatic heterocycles. The molecule has 6 nitrogen and oxygen atoms in total. The fourth-order valence-corrected chi connectivity index (χ4v) is 3.90. The quantitative estimate of drug-likeness (QED) is 0.780. The van der Waals surface area contributed by atoms with E-state index in [1.165, 1.54) is 12.1 Å². The van der Waals surface area contributed by atoms with Crippen molar-refractivity contribution in [1.29, 1.82) is 5.26 Å². The van der Waals surface area contributed by atoms with Crippen molar-refractivity contribution in [1.82, 2.24) is 0 Å². The van der Waals surface area contributed by atoms with Crippen molar-refractivity contribution in [2.24, 2.45) is 4.99 Å². The molecule has 0 radical (unpaired) electrons. The number of hydrogen-bond donors (Lipinski definition) is 2. The minimum atomic E-state index is -1.03. The van der Waals surface area contributed by atoms with E-state index in [0.29, 0.717) is 32.3 Å². The summed E-state index contributed by atoms with van der Waals surface area (Å²) in [5.74, 6) is -1.82. The molecule has 8 heteroatoms. The molecule has 2 heterocycles. The lowest BCUT2D eigenvalue weighted by molar-refractivity contribution is -0.136. The minimum absolute atomic E-state index is 0.0520. The molecule has 0 spiro atoms. The van der Waals surface area contributed by atoms with Crippen LogP contribution in [-0.4, -0.2) is 27.7 Å². The maximum atomic E-state index is 12.7. The number of carbonyl (C=O) groups is 2. The standard InChI is InChI=1S/C17H11ClN2O4S/c1-7-9(5-13(21)22)14-11(20-7)4-10(17(24)15(14)18)16(23)12-3-2-8(6-19)25-12/h2-3,24H,4-5H2,1H3,(H,21,22). The van der Waals surface area contributed by atoms with E-state index >= 15 is 0 Å². The number of rotatable bonds is 4. The molecule has 1 aromatic rings. The van der Waals surface area contributed by atoms with Gasteiger partial charge in [-0.1, -0.05) is 11.6 Å². The molecule has 126 valence electrons. The summed E-state index contributed by atoms with van der Waals surface area (Å²) >= 11 is 7.26. The van der Waals surface area contributed by atoms with E-state index in [-0.39, 0.29) is 29.2 Å². The van der Waals surface area contributed by atoms with Gasteiger partial charge >= 0.3 is 5.97 Å². The molecule has 1 aromatic heterocycles. The molecule has 2 N–H and O–H groups in total. The summed E-state index contributed by atoms with van der Waals surface area (Å²) < 4.78 is 0. The van der Waals surface area contributed by atoms with Gasteiger partial charge in [-0.05, 0) is 24.6 Å². The zero-order valence-corrected chi connectivity index (χ0v) is 14.5. The Bertz CT molecular complexity index is 989. The third kappa shape index (κ3) is 2.90. The normalized spacial score (nSPS) is 16.8. The van der Waals surface area contributed by atoms with Crippen molar-refractivity contribution in [2.75, 3.05) is 0 Å². The number of nitriles is 1. The number of carboxylic acids is 1. The first kappa shape index (κ1) is 17.1. The van der Waals surface area contributed by atoms with Gasteiger partial charge in [0.25, 0.3) is 0 Å². The third-order valence-corrected chi connectivity index (χ3v) is 5.29. The van der Waals surface area contributed by atoms with E-state index in [9.17, 15) is 14.7 Å². The Morgan fingerprint density at radius 3 is 2.76 bits per heavy atom. The van der Waals surface area contributed by atoms with Crippen LogP contribution in [0.25, 0.3) is 0 Å². The van der Waals surface area contributed by atoms with E-state index in [4.69, 9.17) is 22.0 Å². The van der Waals surface area contributed by atoms with E-state index in [2.05, 4.69) is 4.99 Å². The zero-order chi connectivity index (χ0) is 18.3. The number of carbonyl (C=O) groups excluding carboxylic acids is 1. The first-order valence-electron chi connectivity index (χ1n) is 7.20. The molecule has 0 unspecified atom stereocenters. The summed E-state index contributed by atoms with van der Waals surface area (Å²) in [7, 11) is 0. The van der Waals surface area contributed by atoms with Gasteiger partial charge in [-0.15, -0.1) is 11.3 Å². The molecule has 0 saturated carbocycles. The summed E-state index contributed by atoms with van der Waals surface area (Å²) in [6.45, 7) is 1.66. The first-order valence-corrected chi connectivity index (χ1v) is 8.39. The highest BCUT2D eigenvalue weighted by Crippen LogP contribution is 2.41. The van der Waals surface area contributed by atoms with Crippen LogP contribution in [0.15, 0.2) is 50.3 Å². The van der Waals surface area contributed by atoms with Gasteiger partial charge in [0.2, 0.25) is 5.78 Å². The maximum absolute atomic E-state index is 12.7. The lowest BCUT2D eigenvalue weighted by atomic mass is 9.88. The van der Waals surface area contributed by atoms with Crippen LogP contribution in [0.3, 0.4) is 0 Å². The van der Waals surface area contributed by atoms with Gasteiger partial charge in [0, 0.05) is 17.7 Å².